The van der Waals surface area contributed by atoms with Gasteiger partial charge in [-0.05, 0) is 127 Å². The van der Waals surface area contributed by atoms with E-state index < -0.39 is 0 Å². The number of rotatable bonds is 12. The first kappa shape index (κ1) is 55.3. The molecule has 9 heterocycles. The molecule has 3 aliphatic carbocycles. The summed E-state index contributed by atoms with van der Waals surface area (Å²) < 4.78 is 4.81. The van der Waals surface area contributed by atoms with Crippen molar-refractivity contribution < 1.29 is 14.4 Å². The van der Waals surface area contributed by atoms with Gasteiger partial charge in [0.25, 0.3) is 16.7 Å². The van der Waals surface area contributed by atoms with Crippen molar-refractivity contribution in [2.75, 3.05) is 16.0 Å². The fourth-order valence-corrected chi connectivity index (χ4v) is 9.95. The maximum atomic E-state index is 13.0. The molecule has 0 aliphatic heterocycles. The van der Waals surface area contributed by atoms with Gasteiger partial charge in [-0.1, -0.05) is 26.3 Å². The summed E-state index contributed by atoms with van der Waals surface area (Å²) in [6.45, 7) is 12.0. The van der Waals surface area contributed by atoms with E-state index in [1.165, 1.54) is 0 Å². The Bertz CT molecular complexity index is 4190. The lowest BCUT2D eigenvalue weighted by Gasteiger charge is -2.12. The Morgan fingerprint density at radius 3 is 1.19 bits per heavy atom. The molecule has 0 spiro atoms. The van der Waals surface area contributed by atoms with Crippen molar-refractivity contribution in [2.45, 2.75) is 99.3 Å². The van der Waals surface area contributed by atoms with Crippen LogP contribution in [0.25, 0.3) is 66.1 Å². The third-order valence-electron chi connectivity index (χ3n) is 15.2. The highest BCUT2D eigenvalue weighted by Gasteiger charge is 2.32. The van der Waals surface area contributed by atoms with Crippen molar-refractivity contribution in [3.63, 3.8) is 0 Å². The zero-order chi connectivity index (χ0) is 57.4. The van der Waals surface area contributed by atoms with Crippen molar-refractivity contribution in [1.82, 2.24) is 43.6 Å². The molecule has 3 fully saturated rings. The molecule has 0 saturated heterocycles. The second-order valence-corrected chi connectivity index (χ2v) is 21.6. The van der Waals surface area contributed by atoms with Crippen molar-refractivity contribution in [1.29, 1.82) is 0 Å². The zero-order valence-electron chi connectivity index (χ0n) is 47.2. The lowest BCUT2D eigenvalue weighted by Crippen LogP contribution is -2.20. The standard InChI is InChI=1S/C22H24N4O2.C21H22N4O2.C20H20N4O2/c1-4-5-16-8-13(2)18(12-23-16)17-9-15-11-24-20(25-21(27)14-6-7-14)10-19(15)26(3)22(17)28;1-4-15-7-12(2)17(11-22-15)16-8-14-10-23-19(24-20(26)13-5-6-13)9-18(14)25(3)21(16)27;1-11-4-7-15(12(2)22-11)16-8-14-10-21-18(23-19(25)13-5-6-13)9-17(14)24(3)20(16)26/h8-12,14H,4-7H2,1-3H3,(H,24,25,27);7-11,13H,4-6H2,1-3H3,(H,23,24,26);4,7-10,13H,5-6H2,1-3H3,(H,21,23,25). The molecule has 0 unspecified atom stereocenters. The van der Waals surface area contributed by atoms with Crippen LogP contribution < -0.4 is 32.6 Å². The highest BCUT2D eigenvalue weighted by molar-refractivity contribution is 5.97. The van der Waals surface area contributed by atoms with Gasteiger partial charge in [-0.3, -0.25) is 43.7 Å². The first-order valence-electron chi connectivity index (χ1n) is 27.7. The average molecular weight is 1090 g/mol. The van der Waals surface area contributed by atoms with Crippen molar-refractivity contribution in [3.8, 4) is 33.4 Å². The first-order valence-corrected chi connectivity index (χ1v) is 27.7. The number of carbonyl (C=O) groups excluding carboxylic acids is 3. The van der Waals surface area contributed by atoms with Gasteiger partial charge >= 0.3 is 0 Å². The zero-order valence-corrected chi connectivity index (χ0v) is 47.2. The molecule has 3 N–H and O–H groups in total. The van der Waals surface area contributed by atoms with Crippen molar-refractivity contribution >= 4 is 67.9 Å². The molecule has 0 atom stereocenters. The number of aryl methyl sites for hydroxylation is 9. The molecule has 81 heavy (non-hydrogen) atoms. The quantitative estimate of drug-likeness (QED) is 0.104. The molecule has 18 nitrogen and oxygen atoms in total. The van der Waals surface area contributed by atoms with Crippen LogP contribution in [0.15, 0.2) is 106 Å². The second-order valence-electron chi connectivity index (χ2n) is 21.6. The Labute approximate surface area is 468 Å². The van der Waals surface area contributed by atoms with Gasteiger partial charge in [0.05, 0.1) is 16.6 Å². The minimum Gasteiger partial charge on any atom is -0.311 e. The molecular formula is C63H66N12O6. The summed E-state index contributed by atoms with van der Waals surface area (Å²) in [6.07, 6.45) is 17.1. The molecule has 0 aromatic carbocycles. The van der Waals surface area contributed by atoms with Gasteiger partial charge in [-0.2, -0.15) is 0 Å². The highest BCUT2D eigenvalue weighted by Crippen LogP contribution is 2.33. The van der Waals surface area contributed by atoms with Gasteiger partial charge in [0.1, 0.15) is 17.5 Å². The first-order chi connectivity index (χ1) is 38.9. The van der Waals surface area contributed by atoms with Crippen LogP contribution in [-0.2, 0) is 48.4 Å². The van der Waals surface area contributed by atoms with E-state index in [1.54, 1.807) is 84.0 Å². The Hall–Kier alpha value is -9.06. The summed E-state index contributed by atoms with van der Waals surface area (Å²) >= 11 is 0. The highest BCUT2D eigenvalue weighted by atomic mass is 16.2. The summed E-state index contributed by atoms with van der Waals surface area (Å²) in [5.41, 5.74) is 12.1. The van der Waals surface area contributed by atoms with E-state index in [0.717, 1.165) is 141 Å². The van der Waals surface area contributed by atoms with Crippen LogP contribution in [0.1, 0.15) is 92.7 Å². The third kappa shape index (κ3) is 12.1. The van der Waals surface area contributed by atoms with Gasteiger partial charge in [0.15, 0.2) is 0 Å². The number of hydrogen-bond acceptors (Lipinski definition) is 12. The number of pyridine rings is 9. The molecule has 3 aliphatic rings. The van der Waals surface area contributed by atoms with Crippen LogP contribution in [0.3, 0.4) is 0 Å². The van der Waals surface area contributed by atoms with Crippen LogP contribution >= 0.6 is 0 Å². The number of amides is 3. The predicted molar refractivity (Wildman–Crippen MR) is 317 cm³/mol. The van der Waals surface area contributed by atoms with Crippen LogP contribution in [0.5, 0.6) is 0 Å². The summed E-state index contributed by atoms with van der Waals surface area (Å²) in [5.74, 6) is 1.76. The largest absolute Gasteiger partial charge is 0.311 e. The summed E-state index contributed by atoms with van der Waals surface area (Å²) in [5, 5.41) is 11.0. The second kappa shape index (κ2) is 23.0. The number of fused-ring (bicyclic) bond motifs is 3. The molecule has 12 rings (SSSR count). The van der Waals surface area contributed by atoms with E-state index in [9.17, 15) is 28.8 Å². The molecule has 3 saturated carbocycles. The van der Waals surface area contributed by atoms with Gasteiger partial charge in [-0.15, -0.1) is 0 Å². The maximum Gasteiger partial charge on any atom is 0.258 e. The normalized spacial score (nSPS) is 13.7. The van der Waals surface area contributed by atoms with Crippen molar-refractivity contribution in [2.24, 2.45) is 38.9 Å². The topological polar surface area (TPSA) is 231 Å². The van der Waals surface area contributed by atoms with Crippen molar-refractivity contribution in [3.05, 3.63) is 157 Å². The molecule has 9 aromatic rings. The van der Waals surface area contributed by atoms with Gasteiger partial charge in [0, 0.05) is 160 Å². The van der Waals surface area contributed by atoms with Crippen LogP contribution in [0.4, 0.5) is 17.5 Å². The van der Waals surface area contributed by atoms with E-state index in [-0.39, 0.29) is 52.2 Å². The van der Waals surface area contributed by atoms with Gasteiger partial charge in [0.2, 0.25) is 17.7 Å². The van der Waals surface area contributed by atoms with Gasteiger partial charge < -0.3 is 29.7 Å². The summed E-state index contributed by atoms with van der Waals surface area (Å²) in [6, 6.07) is 18.7. The molecule has 18 heteroatoms. The molecule has 3 amide bonds. The van der Waals surface area contributed by atoms with Crippen LogP contribution in [-0.4, -0.2) is 61.3 Å². The Balaban J connectivity index is 0.000000136. The molecule has 414 valence electrons. The summed E-state index contributed by atoms with van der Waals surface area (Å²) in [7, 11) is 5.22. The number of aromatic nitrogens is 9. The monoisotopic (exact) mass is 1090 g/mol. The predicted octanol–water partition coefficient (Wildman–Crippen LogP) is 9.78. The van der Waals surface area contributed by atoms with E-state index in [4.69, 9.17) is 0 Å². The minimum atomic E-state index is -0.100. The number of anilines is 3. The molecular weight excluding hydrogens is 1020 g/mol. The summed E-state index contributed by atoms with van der Waals surface area (Å²) in [4.78, 5) is 101. The lowest BCUT2D eigenvalue weighted by atomic mass is 10.0. The molecule has 0 bridgehead atoms. The smallest absolute Gasteiger partial charge is 0.258 e. The Morgan fingerprint density at radius 2 is 0.840 bits per heavy atom. The van der Waals surface area contributed by atoms with E-state index in [0.29, 0.717) is 34.1 Å². The Kier molecular flexibility index (Phi) is 15.7. The fourth-order valence-electron chi connectivity index (χ4n) is 9.95. The minimum absolute atomic E-state index is 0.000162. The molecule has 9 aromatic heterocycles. The van der Waals surface area contributed by atoms with E-state index >= 15 is 0 Å². The van der Waals surface area contributed by atoms with Gasteiger partial charge in [-0.25, -0.2) is 15.0 Å². The average Bonchev–Trinajstić information content (AvgIpc) is 4.48. The van der Waals surface area contributed by atoms with E-state index in [2.05, 4.69) is 65.8 Å². The Morgan fingerprint density at radius 1 is 0.469 bits per heavy atom. The third-order valence-corrected chi connectivity index (χ3v) is 15.2. The number of hydrogen-bond donors (Lipinski definition) is 3. The number of carbonyl (C=O) groups is 3. The molecule has 0 radical (unpaired) electrons. The SMILES string of the molecule is CCCc1cc(C)c(-c2cc3cnc(NC(=O)C4CC4)cc3n(C)c2=O)cn1.CCc1cc(C)c(-c2cc3cnc(NC(=O)C4CC4)cc3n(C)c2=O)cn1.Cc1ccc(-c2cc3cnc(NC(=O)C4CC4)cc3n(C)c2=O)c(C)n1. The van der Waals surface area contributed by atoms with Crippen LogP contribution in [0, 0.1) is 45.4 Å². The maximum absolute atomic E-state index is 13.0. The number of nitrogens with zero attached hydrogens (tertiary/aromatic N) is 9. The fraction of sp³-hybridized carbons (Fsp3) is 0.333. The number of nitrogens with one attached hydrogen (secondary N) is 3. The lowest BCUT2D eigenvalue weighted by molar-refractivity contribution is -0.118. The van der Waals surface area contributed by atoms with E-state index in [1.807, 2.05) is 64.1 Å². The van der Waals surface area contributed by atoms with Crippen LogP contribution in [0.2, 0.25) is 0 Å².